The van der Waals surface area contributed by atoms with Crippen molar-refractivity contribution < 1.29 is 27.2 Å². The lowest BCUT2D eigenvalue weighted by atomic mass is 9.97. The van der Waals surface area contributed by atoms with E-state index in [0.29, 0.717) is 0 Å². The van der Waals surface area contributed by atoms with Crippen LogP contribution >= 0.6 is 11.6 Å². The summed E-state index contributed by atoms with van der Waals surface area (Å²) in [7, 11) is 0. The van der Waals surface area contributed by atoms with E-state index in [0.717, 1.165) is 29.3 Å². The van der Waals surface area contributed by atoms with Crippen LogP contribution in [0.2, 0.25) is 5.02 Å². The smallest absolute Gasteiger partial charge is 0.318 e. The molecule has 1 aliphatic rings. The number of urea groups is 1. The Bertz CT molecular complexity index is 926. The Balaban J connectivity index is 2.11. The van der Waals surface area contributed by atoms with E-state index in [1.807, 2.05) is 0 Å². The topological polar surface area (TPSA) is 88.3 Å². The van der Waals surface area contributed by atoms with E-state index in [9.17, 15) is 27.2 Å². The van der Waals surface area contributed by atoms with Gasteiger partial charge < -0.3 is 16.0 Å². The first kappa shape index (κ1) is 19.9. The number of benzene rings is 1. The van der Waals surface area contributed by atoms with Gasteiger partial charge in [0.15, 0.2) is 0 Å². The van der Waals surface area contributed by atoms with Crippen molar-refractivity contribution >= 4 is 23.5 Å². The molecular formula is C17H13ClF4N4O2. The normalized spacial score (nSPS) is 17.7. The number of pyridine rings is 1. The standard InChI is InChI=1S/C17H13ClF4N4O2/c18-12-9(19)3-2-8(13(12)20)14(7-1-4-10(15(21)22)24-5-7)26-6-11(16(23)27)25-17(26)28/h1-5,11,14-15H,6H2,(H2,23,27)(H,25,28)/t11?,14-/m1/s1. The molecule has 0 bridgehead atoms. The van der Waals surface area contributed by atoms with Crippen molar-refractivity contribution in [3.63, 3.8) is 0 Å². The lowest BCUT2D eigenvalue weighted by Crippen LogP contribution is -2.39. The van der Waals surface area contributed by atoms with Crippen LogP contribution in [0.4, 0.5) is 22.4 Å². The van der Waals surface area contributed by atoms with Crippen LogP contribution in [0.15, 0.2) is 30.5 Å². The quantitative estimate of drug-likeness (QED) is 0.580. The minimum atomic E-state index is -2.82. The molecule has 1 aromatic carbocycles. The van der Waals surface area contributed by atoms with Crippen LogP contribution in [-0.2, 0) is 4.79 Å². The first-order valence-corrected chi connectivity index (χ1v) is 8.32. The maximum absolute atomic E-state index is 14.7. The summed E-state index contributed by atoms with van der Waals surface area (Å²) in [6, 6.07) is 1.26. The van der Waals surface area contributed by atoms with Crippen molar-refractivity contribution in [1.29, 1.82) is 0 Å². The van der Waals surface area contributed by atoms with Gasteiger partial charge in [-0.2, -0.15) is 0 Å². The molecule has 3 N–H and O–H groups in total. The maximum Gasteiger partial charge on any atom is 0.318 e. The van der Waals surface area contributed by atoms with E-state index in [1.165, 1.54) is 6.07 Å². The number of nitrogens with zero attached hydrogens (tertiary/aromatic N) is 2. The van der Waals surface area contributed by atoms with Gasteiger partial charge in [-0.1, -0.05) is 23.7 Å². The lowest BCUT2D eigenvalue weighted by Gasteiger charge is -2.28. The molecule has 2 heterocycles. The summed E-state index contributed by atoms with van der Waals surface area (Å²) in [4.78, 5) is 28.5. The summed E-state index contributed by atoms with van der Waals surface area (Å²) in [5.41, 5.74) is 4.66. The van der Waals surface area contributed by atoms with E-state index in [2.05, 4.69) is 10.3 Å². The number of carbonyl (C=O) groups excluding carboxylic acids is 2. The van der Waals surface area contributed by atoms with Gasteiger partial charge in [0.2, 0.25) is 5.91 Å². The number of halogens is 5. The monoisotopic (exact) mass is 416 g/mol. The van der Waals surface area contributed by atoms with Crippen LogP contribution in [0.5, 0.6) is 0 Å². The number of carbonyl (C=O) groups is 2. The van der Waals surface area contributed by atoms with Crippen LogP contribution in [-0.4, -0.2) is 34.4 Å². The van der Waals surface area contributed by atoms with Gasteiger partial charge in [-0.05, 0) is 17.7 Å². The van der Waals surface area contributed by atoms with Gasteiger partial charge in [-0.15, -0.1) is 0 Å². The summed E-state index contributed by atoms with van der Waals surface area (Å²) < 4.78 is 53.8. The van der Waals surface area contributed by atoms with Crippen molar-refractivity contribution in [2.45, 2.75) is 18.5 Å². The zero-order valence-corrected chi connectivity index (χ0v) is 14.8. The van der Waals surface area contributed by atoms with Gasteiger partial charge in [-0.3, -0.25) is 9.78 Å². The molecule has 0 spiro atoms. The third-order valence-electron chi connectivity index (χ3n) is 4.30. The zero-order chi connectivity index (χ0) is 20.6. The fourth-order valence-electron chi connectivity index (χ4n) is 2.93. The van der Waals surface area contributed by atoms with Gasteiger partial charge in [0, 0.05) is 11.8 Å². The fraction of sp³-hybridized carbons (Fsp3) is 0.235. The highest BCUT2D eigenvalue weighted by molar-refractivity contribution is 6.31. The third-order valence-corrected chi connectivity index (χ3v) is 4.65. The van der Waals surface area contributed by atoms with E-state index in [-0.39, 0.29) is 17.7 Å². The zero-order valence-electron chi connectivity index (χ0n) is 14.0. The summed E-state index contributed by atoms with van der Waals surface area (Å²) in [5, 5.41) is 1.55. The molecule has 3 amide bonds. The van der Waals surface area contributed by atoms with Gasteiger partial charge in [0.1, 0.15) is 28.4 Å². The molecular weight excluding hydrogens is 404 g/mol. The van der Waals surface area contributed by atoms with Crippen molar-refractivity contribution in [2.24, 2.45) is 5.73 Å². The highest BCUT2D eigenvalue weighted by atomic mass is 35.5. The molecule has 0 saturated carbocycles. The molecule has 11 heteroatoms. The first-order valence-electron chi connectivity index (χ1n) is 7.94. The molecule has 1 saturated heterocycles. The largest absolute Gasteiger partial charge is 0.368 e. The number of hydrogen-bond acceptors (Lipinski definition) is 3. The number of hydrogen-bond donors (Lipinski definition) is 2. The molecule has 6 nitrogen and oxygen atoms in total. The van der Waals surface area contributed by atoms with Crippen LogP contribution in [0.1, 0.15) is 29.3 Å². The van der Waals surface area contributed by atoms with E-state index >= 15 is 0 Å². The Morgan fingerprint density at radius 2 is 2.00 bits per heavy atom. The van der Waals surface area contributed by atoms with E-state index in [1.54, 1.807) is 0 Å². The molecule has 1 aromatic heterocycles. The molecule has 0 radical (unpaired) electrons. The molecule has 2 aromatic rings. The second-order valence-electron chi connectivity index (χ2n) is 6.04. The Hall–Kier alpha value is -2.88. The number of rotatable bonds is 5. The predicted molar refractivity (Wildman–Crippen MR) is 90.6 cm³/mol. The Morgan fingerprint density at radius 1 is 1.29 bits per heavy atom. The molecule has 148 valence electrons. The number of aromatic nitrogens is 1. The average molecular weight is 417 g/mol. The minimum absolute atomic E-state index is 0.159. The molecule has 0 aliphatic carbocycles. The minimum Gasteiger partial charge on any atom is -0.368 e. The number of nitrogens with one attached hydrogen (secondary N) is 1. The maximum atomic E-state index is 14.7. The van der Waals surface area contributed by atoms with Crippen molar-refractivity contribution in [2.75, 3.05) is 6.54 Å². The van der Waals surface area contributed by atoms with Gasteiger partial charge in [0.05, 0.1) is 12.6 Å². The Morgan fingerprint density at radius 3 is 2.54 bits per heavy atom. The average Bonchev–Trinajstić information content (AvgIpc) is 3.04. The number of nitrogens with two attached hydrogens (primary N) is 1. The number of amides is 3. The van der Waals surface area contributed by atoms with Crippen LogP contribution in [0.3, 0.4) is 0 Å². The van der Waals surface area contributed by atoms with Crippen molar-refractivity contribution in [3.8, 4) is 0 Å². The molecule has 1 fully saturated rings. The van der Waals surface area contributed by atoms with Gasteiger partial charge in [0.25, 0.3) is 6.43 Å². The molecule has 1 unspecified atom stereocenters. The SMILES string of the molecule is NC(=O)C1CN([C@H](c2ccc(C(F)F)nc2)c2ccc(F)c(Cl)c2F)C(=O)N1. The highest BCUT2D eigenvalue weighted by Crippen LogP contribution is 2.35. The van der Waals surface area contributed by atoms with Crippen molar-refractivity contribution in [1.82, 2.24) is 15.2 Å². The summed E-state index contributed by atoms with van der Waals surface area (Å²) in [5.74, 6) is -2.94. The van der Waals surface area contributed by atoms with E-state index < -0.39 is 52.8 Å². The fourth-order valence-corrected chi connectivity index (χ4v) is 3.10. The predicted octanol–water partition coefficient (Wildman–Crippen LogP) is 2.92. The first-order chi connectivity index (χ1) is 13.2. The summed E-state index contributed by atoms with van der Waals surface area (Å²) in [6.07, 6.45) is -1.77. The number of primary amides is 1. The van der Waals surface area contributed by atoms with Crippen molar-refractivity contribution in [3.05, 3.63) is 63.9 Å². The molecule has 3 rings (SSSR count). The van der Waals surface area contributed by atoms with Crippen LogP contribution in [0, 0.1) is 11.6 Å². The molecule has 1 aliphatic heterocycles. The van der Waals surface area contributed by atoms with Gasteiger partial charge >= 0.3 is 6.03 Å². The Kier molecular flexibility index (Phi) is 5.41. The van der Waals surface area contributed by atoms with E-state index in [4.69, 9.17) is 17.3 Å². The second-order valence-corrected chi connectivity index (χ2v) is 6.42. The lowest BCUT2D eigenvalue weighted by molar-refractivity contribution is -0.119. The number of alkyl halides is 2. The molecule has 2 atom stereocenters. The highest BCUT2D eigenvalue weighted by Gasteiger charge is 2.39. The van der Waals surface area contributed by atoms with Crippen LogP contribution < -0.4 is 11.1 Å². The second kappa shape index (κ2) is 7.63. The van der Waals surface area contributed by atoms with Crippen LogP contribution in [0.25, 0.3) is 0 Å². The Labute approximate surface area is 161 Å². The van der Waals surface area contributed by atoms with Gasteiger partial charge in [-0.25, -0.2) is 22.4 Å². The molecule has 28 heavy (non-hydrogen) atoms. The summed E-state index contributed by atoms with van der Waals surface area (Å²) >= 11 is 5.65. The summed E-state index contributed by atoms with van der Waals surface area (Å²) in [6.45, 7) is -0.218. The third kappa shape index (κ3) is 3.59.